The van der Waals surface area contributed by atoms with Crippen LogP contribution in [-0.2, 0) is 16.6 Å². The van der Waals surface area contributed by atoms with Gasteiger partial charge in [-0.15, -0.1) is 0 Å². The summed E-state index contributed by atoms with van der Waals surface area (Å²) in [5.41, 5.74) is 2.56. The molecular weight excluding hydrogens is 538 g/mol. The van der Waals surface area contributed by atoms with Crippen molar-refractivity contribution in [1.82, 2.24) is 4.72 Å². The molecule has 0 atom stereocenters. The van der Waals surface area contributed by atoms with E-state index in [-0.39, 0.29) is 11.4 Å². The molecule has 0 radical (unpaired) electrons. The van der Waals surface area contributed by atoms with Gasteiger partial charge in [0.2, 0.25) is 21.5 Å². The Balaban J connectivity index is 1.91. The van der Waals surface area contributed by atoms with Crippen LogP contribution in [0.3, 0.4) is 0 Å². The number of sulfonamides is 1. The highest BCUT2D eigenvalue weighted by Crippen LogP contribution is 2.47. The standard InChI is InChI=1S/C29H31NO9S/c1-33-22-12-18(13-23(34-2)28(22)37-5)21-17-39-26(16-30-40(31,32)20-10-8-7-9-11-20)27(21)19-14-24(35-3)29(38-6)25(15-19)36-4/h7-15,17,30H,16H2,1-6H3. The maximum absolute atomic E-state index is 13.0. The molecule has 0 unspecified atom stereocenters. The van der Waals surface area contributed by atoms with Crippen molar-refractivity contribution in [2.75, 3.05) is 42.7 Å². The van der Waals surface area contributed by atoms with Gasteiger partial charge in [0.05, 0.1) is 60.4 Å². The van der Waals surface area contributed by atoms with Crippen LogP contribution in [0.4, 0.5) is 0 Å². The summed E-state index contributed by atoms with van der Waals surface area (Å²) < 4.78 is 67.8. The molecule has 4 aromatic rings. The van der Waals surface area contributed by atoms with E-state index in [2.05, 4.69) is 4.72 Å². The molecule has 11 heteroatoms. The summed E-state index contributed by atoms with van der Waals surface area (Å²) in [5, 5.41) is 0. The van der Waals surface area contributed by atoms with Crippen molar-refractivity contribution in [1.29, 1.82) is 0 Å². The van der Waals surface area contributed by atoms with Crippen LogP contribution in [0.5, 0.6) is 34.5 Å². The Morgan fingerprint density at radius 2 is 1.15 bits per heavy atom. The van der Waals surface area contributed by atoms with Crippen LogP contribution in [0, 0.1) is 0 Å². The zero-order valence-electron chi connectivity index (χ0n) is 23.1. The minimum absolute atomic E-state index is 0.131. The molecule has 0 aliphatic rings. The van der Waals surface area contributed by atoms with E-state index >= 15 is 0 Å². The molecule has 0 aliphatic carbocycles. The number of nitrogens with one attached hydrogen (secondary N) is 1. The Hall–Kier alpha value is -4.35. The van der Waals surface area contributed by atoms with E-state index in [1.165, 1.54) is 54.8 Å². The zero-order valence-corrected chi connectivity index (χ0v) is 23.9. The molecule has 10 nitrogen and oxygen atoms in total. The number of hydrogen-bond acceptors (Lipinski definition) is 9. The smallest absolute Gasteiger partial charge is 0.240 e. The van der Waals surface area contributed by atoms with E-state index in [0.29, 0.717) is 62.5 Å². The van der Waals surface area contributed by atoms with E-state index in [9.17, 15) is 8.42 Å². The second-order valence-electron chi connectivity index (χ2n) is 8.41. The summed E-state index contributed by atoms with van der Waals surface area (Å²) in [7, 11) is 5.32. The highest BCUT2D eigenvalue weighted by atomic mass is 32.2. The summed E-state index contributed by atoms with van der Waals surface area (Å²) in [6.45, 7) is -0.131. The lowest BCUT2D eigenvalue weighted by atomic mass is 9.95. The van der Waals surface area contributed by atoms with E-state index in [4.69, 9.17) is 32.8 Å². The third kappa shape index (κ3) is 5.51. The number of rotatable bonds is 12. The molecule has 0 spiro atoms. The summed E-state index contributed by atoms with van der Waals surface area (Å²) in [6, 6.07) is 15.2. The number of benzene rings is 3. The van der Waals surface area contributed by atoms with Crippen molar-refractivity contribution >= 4 is 10.0 Å². The highest BCUT2D eigenvalue weighted by Gasteiger charge is 2.25. The average molecular weight is 570 g/mol. The van der Waals surface area contributed by atoms with Crippen LogP contribution < -0.4 is 33.1 Å². The van der Waals surface area contributed by atoms with Gasteiger partial charge in [-0.05, 0) is 47.5 Å². The Morgan fingerprint density at radius 3 is 1.60 bits per heavy atom. The first kappa shape index (κ1) is 28.7. The topological polar surface area (TPSA) is 115 Å². The lowest BCUT2D eigenvalue weighted by Gasteiger charge is -2.17. The first-order valence-corrected chi connectivity index (χ1v) is 13.6. The molecule has 40 heavy (non-hydrogen) atoms. The van der Waals surface area contributed by atoms with Gasteiger partial charge in [-0.25, -0.2) is 13.1 Å². The Labute approximate surface area is 233 Å². The maximum atomic E-state index is 13.0. The van der Waals surface area contributed by atoms with Crippen LogP contribution in [-0.4, -0.2) is 51.1 Å². The van der Waals surface area contributed by atoms with Crippen molar-refractivity contribution in [3.05, 3.63) is 66.6 Å². The first-order valence-electron chi connectivity index (χ1n) is 12.1. The minimum atomic E-state index is -3.82. The number of ether oxygens (including phenoxy) is 6. The number of methoxy groups -OCH3 is 6. The Morgan fingerprint density at radius 1 is 0.675 bits per heavy atom. The van der Waals surface area contributed by atoms with Gasteiger partial charge < -0.3 is 32.8 Å². The molecule has 1 heterocycles. The second kappa shape index (κ2) is 12.2. The lowest BCUT2D eigenvalue weighted by molar-refractivity contribution is 0.324. The van der Waals surface area contributed by atoms with Gasteiger partial charge in [-0.3, -0.25) is 0 Å². The Kier molecular flexibility index (Phi) is 8.76. The van der Waals surface area contributed by atoms with Gasteiger partial charge in [0, 0.05) is 11.1 Å². The molecule has 0 aliphatic heterocycles. The van der Waals surface area contributed by atoms with Gasteiger partial charge >= 0.3 is 0 Å². The molecule has 1 aromatic heterocycles. The first-order chi connectivity index (χ1) is 19.3. The molecule has 3 aromatic carbocycles. The van der Waals surface area contributed by atoms with Crippen LogP contribution in [0.1, 0.15) is 5.76 Å². The van der Waals surface area contributed by atoms with Gasteiger partial charge in [0.1, 0.15) is 5.76 Å². The largest absolute Gasteiger partial charge is 0.493 e. The van der Waals surface area contributed by atoms with Crippen molar-refractivity contribution in [3.8, 4) is 56.8 Å². The summed E-state index contributed by atoms with van der Waals surface area (Å²) >= 11 is 0. The maximum Gasteiger partial charge on any atom is 0.240 e. The Bertz CT molecular complexity index is 1530. The number of furan rings is 1. The molecule has 1 N–H and O–H groups in total. The molecule has 212 valence electrons. The summed E-state index contributed by atoms with van der Waals surface area (Å²) in [6.07, 6.45) is 1.55. The molecule has 0 saturated carbocycles. The van der Waals surface area contributed by atoms with E-state index in [0.717, 1.165) is 0 Å². The lowest BCUT2D eigenvalue weighted by Crippen LogP contribution is -2.23. The van der Waals surface area contributed by atoms with E-state index in [1.54, 1.807) is 48.7 Å². The summed E-state index contributed by atoms with van der Waals surface area (Å²) in [5.74, 6) is 2.94. The predicted molar refractivity (Wildman–Crippen MR) is 149 cm³/mol. The fourth-order valence-corrected chi connectivity index (χ4v) is 5.37. The SMILES string of the molecule is COc1cc(-c2coc(CNS(=O)(=O)c3ccccc3)c2-c2cc(OC)c(OC)c(OC)c2)cc(OC)c1OC. The van der Waals surface area contributed by atoms with Crippen molar-refractivity contribution < 1.29 is 41.3 Å². The zero-order chi connectivity index (χ0) is 28.9. The van der Waals surface area contributed by atoms with Crippen LogP contribution in [0.2, 0.25) is 0 Å². The van der Waals surface area contributed by atoms with Crippen LogP contribution in [0.15, 0.2) is 70.2 Å². The van der Waals surface area contributed by atoms with Gasteiger partial charge in [-0.2, -0.15) is 0 Å². The van der Waals surface area contributed by atoms with Crippen molar-refractivity contribution in [2.45, 2.75) is 11.4 Å². The quantitative estimate of drug-likeness (QED) is 0.248. The van der Waals surface area contributed by atoms with Gasteiger partial charge in [-0.1, -0.05) is 18.2 Å². The van der Waals surface area contributed by atoms with Crippen LogP contribution in [0.25, 0.3) is 22.3 Å². The fraction of sp³-hybridized carbons (Fsp3) is 0.241. The third-order valence-electron chi connectivity index (χ3n) is 6.27. The van der Waals surface area contributed by atoms with E-state index in [1.807, 2.05) is 0 Å². The highest BCUT2D eigenvalue weighted by molar-refractivity contribution is 7.89. The van der Waals surface area contributed by atoms with Crippen molar-refractivity contribution in [3.63, 3.8) is 0 Å². The number of hydrogen-bond donors (Lipinski definition) is 1. The predicted octanol–water partition coefficient (Wildman–Crippen LogP) is 5.14. The third-order valence-corrected chi connectivity index (χ3v) is 7.69. The van der Waals surface area contributed by atoms with Crippen LogP contribution >= 0.6 is 0 Å². The van der Waals surface area contributed by atoms with Gasteiger partial charge in [0.25, 0.3) is 0 Å². The fourth-order valence-electron chi connectivity index (χ4n) is 4.36. The molecule has 0 bridgehead atoms. The molecule has 0 saturated heterocycles. The summed E-state index contributed by atoms with van der Waals surface area (Å²) in [4.78, 5) is 0.140. The molecule has 0 amide bonds. The monoisotopic (exact) mass is 569 g/mol. The molecule has 4 rings (SSSR count). The second-order valence-corrected chi connectivity index (χ2v) is 10.2. The molecule has 0 fully saturated rings. The van der Waals surface area contributed by atoms with Gasteiger partial charge in [0.15, 0.2) is 23.0 Å². The average Bonchev–Trinajstić information content (AvgIpc) is 3.42. The molecular formula is C29H31NO9S. The normalized spacial score (nSPS) is 11.2. The van der Waals surface area contributed by atoms with Crippen molar-refractivity contribution in [2.24, 2.45) is 0 Å². The van der Waals surface area contributed by atoms with E-state index < -0.39 is 10.0 Å². The minimum Gasteiger partial charge on any atom is -0.493 e.